The average molecular weight is 508 g/mol. The second-order valence-corrected chi connectivity index (χ2v) is 6.70. The van der Waals surface area contributed by atoms with Gasteiger partial charge in [-0.1, -0.05) is 18.6 Å². The number of benzene rings is 1. The van der Waals surface area contributed by atoms with Gasteiger partial charge in [0.2, 0.25) is 5.91 Å². The molecule has 1 aromatic rings. The molecule has 1 fully saturated rings. The van der Waals surface area contributed by atoms with Crippen LogP contribution in [0.4, 0.5) is 8.78 Å². The number of hydrogen-bond acceptors (Lipinski definition) is 2. The van der Waals surface area contributed by atoms with Crippen LogP contribution in [-0.4, -0.2) is 49.5 Å². The standard InChI is InChI=1S/C20H30F2N4O.HI/c1-2-23-20(25-13-11-16-8-6-9-17(21)19(16)22)24-12-7-15-26-14-5-3-4-10-18(26)27;/h6,8-9H,2-5,7,10-15H2,1H3,(H2,23,24,25);1H. The number of carbonyl (C=O) groups is 1. The maximum Gasteiger partial charge on any atom is 0.222 e. The molecule has 0 bridgehead atoms. The lowest BCUT2D eigenvalue weighted by molar-refractivity contribution is -0.130. The molecule has 0 atom stereocenters. The van der Waals surface area contributed by atoms with Crippen LogP contribution in [0.1, 0.15) is 44.6 Å². The highest BCUT2D eigenvalue weighted by Crippen LogP contribution is 2.12. The zero-order valence-electron chi connectivity index (χ0n) is 16.5. The first kappa shape index (κ1) is 24.6. The van der Waals surface area contributed by atoms with Gasteiger partial charge in [0.25, 0.3) is 0 Å². The lowest BCUT2D eigenvalue weighted by Crippen LogP contribution is -2.38. The van der Waals surface area contributed by atoms with Crippen molar-refractivity contribution in [1.82, 2.24) is 15.5 Å². The van der Waals surface area contributed by atoms with Crippen molar-refractivity contribution in [3.05, 3.63) is 35.4 Å². The Morgan fingerprint density at radius 2 is 2.04 bits per heavy atom. The molecule has 2 N–H and O–H groups in total. The number of likely N-dealkylation sites (tertiary alicyclic amines) is 1. The Labute approximate surface area is 183 Å². The zero-order valence-corrected chi connectivity index (χ0v) is 18.8. The van der Waals surface area contributed by atoms with Crippen LogP contribution in [0.25, 0.3) is 0 Å². The molecule has 0 unspecified atom stereocenters. The Bertz CT molecular complexity index is 643. The second-order valence-electron chi connectivity index (χ2n) is 6.70. The summed E-state index contributed by atoms with van der Waals surface area (Å²) in [6.45, 7) is 5.32. The number of hydrogen-bond donors (Lipinski definition) is 2. The summed E-state index contributed by atoms with van der Waals surface area (Å²) in [4.78, 5) is 18.4. The fourth-order valence-corrected chi connectivity index (χ4v) is 3.13. The summed E-state index contributed by atoms with van der Waals surface area (Å²) in [5.41, 5.74) is 0.345. The highest BCUT2D eigenvalue weighted by atomic mass is 127. The lowest BCUT2D eigenvalue weighted by Gasteiger charge is -2.20. The van der Waals surface area contributed by atoms with Crippen molar-refractivity contribution < 1.29 is 13.6 Å². The highest BCUT2D eigenvalue weighted by Gasteiger charge is 2.15. The van der Waals surface area contributed by atoms with E-state index in [1.54, 1.807) is 6.07 Å². The van der Waals surface area contributed by atoms with Crippen molar-refractivity contribution in [2.75, 3.05) is 32.7 Å². The Kier molecular flexibility index (Phi) is 12.0. The molecule has 1 heterocycles. The summed E-state index contributed by atoms with van der Waals surface area (Å²) >= 11 is 0. The molecular formula is C20H31F2IN4O. The first-order valence-electron chi connectivity index (χ1n) is 9.84. The molecule has 0 saturated carbocycles. The zero-order chi connectivity index (χ0) is 19.5. The number of amides is 1. The van der Waals surface area contributed by atoms with Crippen LogP contribution < -0.4 is 10.6 Å². The molecule has 28 heavy (non-hydrogen) atoms. The van der Waals surface area contributed by atoms with Gasteiger partial charge in [-0.2, -0.15) is 0 Å². The summed E-state index contributed by atoms with van der Waals surface area (Å²) in [5.74, 6) is -0.713. The molecule has 1 saturated heterocycles. The molecule has 2 rings (SSSR count). The third-order valence-corrected chi connectivity index (χ3v) is 4.59. The fraction of sp³-hybridized carbons (Fsp3) is 0.600. The molecule has 0 aromatic heterocycles. The topological polar surface area (TPSA) is 56.7 Å². The third kappa shape index (κ3) is 8.28. The van der Waals surface area contributed by atoms with Gasteiger partial charge in [0.1, 0.15) is 0 Å². The summed E-state index contributed by atoms with van der Waals surface area (Å²) in [5, 5.41) is 6.28. The molecule has 1 amide bonds. The van der Waals surface area contributed by atoms with Crippen molar-refractivity contribution in [3.8, 4) is 0 Å². The van der Waals surface area contributed by atoms with Crippen LogP contribution in [0.2, 0.25) is 0 Å². The van der Waals surface area contributed by atoms with Gasteiger partial charge < -0.3 is 15.5 Å². The van der Waals surface area contributed by atoms with Crippen molar-refractivity contribution in [1.29, 1.82) is 0 Å². The SMILES string of the molecule is CCNC(=NCCCN1CCCCCC1=O)NCCc1cccc(F)c1F.I. The molecule has 5 nitrogen and oxygen atoms in total. The van der Waals surface area contributed by atoms with Gasteiger partial charge in [0.05, 0.1) is 0 Å². The number of nitrogens with one attached hydrogen (secondary N) is 2. The quantitative estimate of drug-likeness (QED) is 0.245. The van der Waals surface area contributed by atoms with Crippen molar-refractivity contribution in [3.63, 3.8) is 0 Å². The molecule has 0 radical (unpaired) electrons. The minimum absolute atomic E-state index is 0. The molecule has 1 aliphatic heterocycles. The smallest absolute Gasteiger partial charge is 0.222 e. The van der Waals surface area contributed by atoms with E-state index in [9.17, 15) is 13.6 Å². The molecule has 158 valence electrons. The summed E-state index contributed by atoms with van der Waals surface area (Å²) in [6.07, 6.45) is 5.03. The van der Waals surface area contributed by atoms with Crippen LogP contribution in [0.15, 0.2) is 23.2 Å². The van der Waals surface area contributed by atoms with Crippen molar-refractivity contribution >= 4 is 35.8 Å². The molecule has 0 aliphatic carbocycles. The molecule has 1 aromatic carbocycles. The number of halogens is 3. The Morgan fingerprint density at radius 1 is 1.21 bits per heavy atom. The predicted molar refractivity (Wildman–Crippen MR) is 119 cm³/mol. The van der Waals surface area contributed by atoms with E-state index in [0.29, 0.717) is 44.0 Å². The Morgan fingerprint density at radius 3 is 2.82 bits per heavy atom. The Hall–Kier alpha value is -1.45. The summed E-state index contributed by atoms with van der Waals surface area (Å²) < 4.78 is 26.9. The van der Waals surface area contributed by atoms with Gasteiger partial charge in [-0.15, -0.1) is 24.0 Å². The summed E-state index contributed by atoms with van der Waals surface area (Å²) in [7, 11) is 0. The summed E-state index contributed by atoms with van der Waals surface area (Å²) in [6, 6.07) is 4.21. The predicted octanol–water partition coefficient (Wildman–Crippen LogP) is 3.47. The monoisotopic (exact) mass is 508 g/mol. The average Bonchev–Trinajstić information content (AvgIpc) is 2.86. The van der Waals surface area contributed by atoms with E-state index in [2.05, 4.69) is 15.6 Å². The van der Waals surface area contributed by atoms with E-state index in [0.717, 1.165) is 44.8 Å². The van der Waals surface area contributed by atoms with Crippen molar-refractivity contribution in [2.24, 2.45) is 4.99 Å². The van der Waals surface area contributed by atoms with E-state index in [4.69, 9.17) is 0 Å². The van der Waals surface area contributed by atoms with Crippen LogP contribution in [0.3, 0.4) is 0 Å². The normalized spacial score (nSPS) is 15.0. The van der Waals surface area contributed by atoms with E-state index in [1.165, 1.54) is 6.07 Å². The van der Waals surface area contributed by atoms with E-state index in [-0.39, 0.29) is 29.9 Å². The Balaban J connectivity index is 0.00000392. The van der Waals surface area contributed by atoms with E-state index in [1.807, 2.05) is 11.8 Å². The fourth-order valence-electron chi connectivity index (χ4n) is 3.13. The molecular weight excluding hydrogens is 477 g/mol. The van der Waals surface area contributed by atoms with Gasteiger partial charge in [0, 0.05) is 39.1 Å². The lowest BCUT2D eigenvalue weighted by atomic mass is 10.1. The van der Waals surface area contributed by atoms with E-state index < -0.39 is 11.6 Å². The minimum Gasteiger partial charge on any atom is -0.357 e. The van der Waals surface area contributed by atoms with Gasteiger partial charge in [-0.3, -0.25) is 9.79 Å². The van der Waals surface area contributed by atoms with Crippen LogP contribution in [0.5, 0.6) is 0 Å². The van der Waals surface area contributed by atoms with Crippen molar-refractivity contribution in [2.45, 2.75) is 45.4 Å². The number of aliphatic imine (C=N–C) groups is 1. The molecule has 1 aliphatic rings. The van der Waals surface area contributed by atoms with Crippen LogP contribution in [-0.2, 0) is 11.2 Å². The second kappa shape index (κ2) is 13.7. The van der Waals surface area contributed by atoms with Crippen LogP contribution in [0, 0.1) is 11.6 Å². The maximum atomic E-state index is 13.7. The number of carbonyl (C=O) groups excluding carboxylic acids is 1. The van der Waals surface area contributed by atoms with E-state index >= 15 is 0 Å². The number of nitrogens with zero attached hydrogens (tertiary/aromatic N) is 2. The first-order valence-corrected chi connectivity index (χ1v) is 9.84. The number of rotatable bonds is 8. The minimum atomic E-state index is -0.823. The molecule has 0 spiro atoms. The third-order valence-electron chi connectivity index (χ3n) is 4.59. The van der Waals surface area contributed by atoms with Gasteiger partial charge in [-0.05, 0) is 44.2 Å². The first-order chi connectivity index (χ1) is 13.1. The number of guanidine groups is 1. The van der Waals surface area contributed by atoms with Gasteiger partial charge in [-0.25, -0.2) is 8.78 Å². The largest absolute Gasteiger partial charge is 0.357 e. The highest BCUT2D eigenvalue weighted by molar-refractivity contribution is 14.0. The maximum absolute atomic E-state index is 13.7. The van der Waals surface area contributed by atoms with Gasteiger partial charge >= 0.3 is 0 Å². The van der Waals surface area contributed by atoms with Gasteiger partial charge in [0.15, 0.2) is 17.6 Å². The molecule has 8 heteroatoms. The van der Waals surface area contributed by atoms with Crippen LogP contribution >= 0.6 is 24.0 Å².